The van der Waals surface area contributed by atoms with Crippen LogP contribution in [0.3, 0.4) is 0 Å². The van der Waals surface area contributed by atoms with Crippen LogP contribution < -0.4 is 5.32 Å². The van der Waals surface area contributed by atoms with E-state index in [2.05, 4.69) is 39.0 Å². The molecule has 25 heavy (non-hydrogen) atoms. The highest BCUT2D eigenvalue weighted by molar-refractivity contribution is 6.30. The minimum Gasteiger partial charge on any atom is -0.352 e. The first-order chi connectivity index (χ1) is 12.2. The largest absolute Gasteiger partial charge is 0.352 e. The zero-order chi connectivity index (χ0) is 17.0. The molecule has 0 amide bonds. The van der Waals surface area contributed by atoms with Gasteiger partial charge in [0.25, 0.3) is 0 Å². The lowest BCUT2D eigenvalue weighted by Gasteiger charge is -2.15. The molecule has 0 bridgehead atoms. The average Bonchev–Trinajstić information content (AvgIpc) is 3.32. The Kier molecular flexibility index (Phi) is 3.18. The number of nitrogens with one attached hydrogen (secondary N) is 1. The average molecular weight is 350 g/mol. The number of anilines is 2. The van der Waals surface area contributed by atoms with Gasteiger partial charge in [-0.2, -0.15) is 0 Å². The first kappa shape index (κ1) is 14.7. The number of imidazole rings is 1. The molecule has 1 aliphatic rings. The summed E-state index contributed by atoms with van der Waals surface area (Å²) in [6, 6.07) is 10.3. The van der Waals surface area contributed by atoms with Gasteiger partial charge in [-0.3, -0.25) is 0 Å². The minimum absolute atomic E-state index is 0.586. The van der Waals surface area contributed by atoms with Gasteiger partial charge in [0.15, 0.2) is 0 Å². The predicted octanol–water partition coefficient (Wildman–Crippen LogP) is 5.02. The number of nitrogens with zero attached hydrogens (tertiary/aromatic N) is 4. The van der Waals surface area contributed by atoms with Gasteiger partial charge in [0.1, 0.15) is 17.7 Å². The lowest BCUT2D eigenvalue weighted by Crippen LogP contribution is -2.05. The Morgan fingerprint density at radius 2 is 2.04 bits per heavy atom. The van der Waals surface area contributed by atoms with Crippen molar-refractivity contribution in [1.82, 2.24) is 19.5 Å². The van der Waals surface area contributed by atoms with Gasteiger partial charge in [-0.15, -0.1) is 0 Å². The maximum Gasteiger partial charge on any atom is 0.117 e. The van der Waals surface area contributed by atoms with Crippen LogP contribution in [0.5, 0.6) is 0 Å². The summed E-state index contributed by atoms with van der Waals surface area (Å²) in [5, 5.41) is 5.20. The molecule has 5 rings (SSSR count). The number of hydrogen-bond donors (Lipinski definition) is 1. The fourth-order valence-electron chi connectivity index (χ4n) is 3.28. The van der Waals surface area contributed by atoms with E-state index in [0.29, 0.717) is 11.1 Å². The van der Waals surface area contributed by atoms with Crippen molar-refractivity contribution in [2.75, 3.05) is 5.32 Å². The van der Waals surface area contributed by atoms with Crippen molar-refractivity contribution >= 4 is 44.9 Å². The third kappa shape index (κ3) is 2.51. The number of aryl methyl sites for hydroxylation is 1. The molecule has 1 aliphatic carbocycles. The molecular formula is C19H16ClN5. The Hall–Kier alpha value is -2.66. The topological polar surface area (TPSA) is 55.6 Å². The van der Waals surface area contributed by atoms with E-state index in [9.17, 15) is 0 Å². The Morgan fingerprint density at radius 1 is 1.16 bits per heavy atom. The number of fused-ring (bicyclic) bond motifs is 2. The number of aromatic nitrogens is 4. The molecular weight excluding hydrogens is 334 g/mol. The third-order valence-electron chi connectivity index (χ3n) is 4.63. The number of benzene rings is 2. The smallest absolute Gasteiger partial charge is 0.117 e. The summed E-state index contributed by atoms with van der Waals surface area (Å²) in [5.74, 6) is 1.02. The molecule has 1 fully saturated rings. The van der Waals surface area contributed by atoms with Crippen LogP contribution in [0, 0.1) is 6.92 Å². The van der Waals surface area contributed by atoms with Crippen LogP contribution in [-0.4, -0.2) is 19.5 Å². The van der Waals surface area contributed by atoms with Crippen LogP contribution in [0.15, 0.2) is 42.9 Å². The second kappa shape index (κ2) is 5.43. The molecule has 0 radical (unpaired) electrons. The summed E-state index contributed by atoms with van der Waals surface area (Å²) < 4.78 is 2.27. The summed E-state index contributed by atoms with van der Waals surface area (Å²) in [4.78, 5) is 13.7. The summed E-state index contributed by atoms with van der Waals surface area (Å²) in [6.07, 6.45) is 6.23. The minimum atomic E-state index is 0.586. The molecule has 5 nitrogen and oxygen atoms in total. The summed E-state index contributed by atoms with van der Waals surface area (Å²) in [6.45, 7) is 2.06. The van der Waals surface area contributed by atoms with E-state index in [0.717, 1.165) is 39.1 Å². The van der Waals surface area contributed by atoms with E-state index in [1.807, 2.05) is 24.3 Å². The standard InChI is InChI=1S/C19H16ClN5/c1-11-23-17-12(9-25(11)15-5-6-15)7-16-18(22-10-21-16)19(17)24-14-4-2-3-13(20)8-14/h2-4,7-10,15,24H,5-6H2,1H3. The number of hydrogen-bond acceptors (Lipinski definition) is 4. The second-order valence-electron chi connectivity index (χ2n) is 6.49. The SMILES string of the molecule is Cc1nc2c(Nc3cccc(Cl)c3)c3ncnc3cc2cn1C1CC1. The van der Waals surface area contributed by atoms with Gasteiger partial charge in [-0.1, -0.05) is 17.7 Å². The highest BCUT2D eigenvalue weighted by Crippen LogP contribution is 2.38. The molecule has 4 aromatic rings. The van der Waals surface area contributed by atoms with Crippen molar-refractivity contribution in [3.63, 3.8) is 0 Å². The quantitative estimate of drug-likeness (QED) is 0.564. The van der Waals surface area contributed by atoms with Crippen molar-refractivity contribution in [1.29, 1.82) is 0 Å². The first-order valence-corrected chi connectivity index (χ1v) is 8.72. The molecule has 6 heteroatoms. The van der Waals surface area contributed by atoms with Crippen LogP contribution in [0.4, 0.5) is 11.4 Å². The van der Waals surface area contributed by atoms with Crippen molar-refractivity contribution in [3.8, 4) is 0 Å². The molecule has 124 valence electrons. The highest BCUT2D eigenvalue weighted by atomic mass is 35.5. The van der Waals surface area contributed by atoms with Crippen molar-refractivity contribution in [2.45, 2.75) is 25.8 Å². The van der Waals surface area contributed by atoms with Gasteiger partial charge in [-0.05, 0) is 44.0 Å². The third-order valence-corrected chi connectivity index (χ3v) is 4.86. The van der Waals surface area contributed by atoms with Crippen LogP contribution in [0.1, 0.15) is 24.7 Å². The highest BCUT2D eigenvalue weighted by Gasteiger charge is 2.25. The van der Waals surface area contributed by atoms with E-state index in [-0.39, 0.29) is 0 Å². The van der Waals surface area contributed by atoms with Crippen LogP contribution in [0.2, 0.25) is 5.02 Å². The second-order valence-corrected chi connectivity index (χ2v) is 6.93. The molecule has 2 heterocycles. The summed E-state index contributed by atoms with van der Waals surface area (Å²) >= 11 is 6.13. The van der Waals surface area contributed by atoms with E-state index in [4.69, 9.17) is 16.6 Å². The first-order valence-electron chi connectivity index (χ1n) is 8.34. The van der Waals surface area contributed by atoms with Crippen molar-refractivity contribution in [2.24, 2.45) is 0 Å². The lowest BCUT2D eigenvalue weighted by atomic mass is 10.1. The van der Waals surface area contributed by atoms with E-state index in [1.165, 1.54) is 12.8 Å². The van der Waals surface area contributed by atoms with Crippen LogP contribution in [0.25, 0.3) is 21.9 Å². The number of halogens is 1. The molecule has 1 saturated carbocycles. The molecule has 0 unspecified atom stereocenters. The van der Waals surface area contributed by atoms with E-state index in [1.54, 1.807) is 6.33 Å². The summed E-state index contributed by atoms with van der Waals surface area (Å²) in [7, 11) is 0. The van der Waals surface area contributed by atoms with Crippen molar-refractivity contribution < 1.29 is 0 Å². The molecule has 1 N–H and O–H groups in total. The predicted molar refractivity (Wildman–Crippen MR) is 101 cm³/mol. The van der Waals surface area contributed by atoms with Gasteiger partial charge in [0, 0.05) is 28.3 Å². The summed E-state index contributed by atoms with van der Waals surface area (Å²) in [5.41, 5.74) is 4.37. The molecule has 0 aliphatic heterocycles. The normalized spacial score (nSPS) is 14.3. The Balaban J connectivity index is 1.75. The Labute approximate surface area is 149 Å². The fraction of sp³-hybridized carbons (Fsp3) is 0.211. The van der Waals surface area contributed by atoms with Gasteiger partial charge < -0.3 is 9.88 Å². The Bertz CT molecular complexity index is 1110. The van der Waals surface area contributed by atoms with Gasteiger partial charge in [0.2, 0.25) is 0 Å². The maximum absolute atomic E-state index is 6.13. The van der Waals surface area contributed by atoms with Crippen LogP contribution >= 0.6 is 11.6 Å². The van der Waals surface area contributed by atoms with Gasteiger partial charge in [0.05, 0.1) is 16.7 Å². The van der Waals surface area contributed by atoms with Crippen molar-refractivity contribution in [3.05, 3.63) is 53.7 Å². The lowest BCUT2D eigenvalue weighted by molar-refractivity contribution is 0.691. The number of rotatable bonds is 3. The van der Waals surface area contributed by atoms with Gasteiger partial charge in [-0.25, -0.2) is 15.0 Å². The molecule has 0 spiro atoms. The molecule has 2 aromatic carbocycles. The monoisotopic (exact) mass is 349 g/mol. The molecule has 0 saturated heterocycles. The fourth-order valence-corrected chi connectivity index (χ4v) is 3.47. The van der Waals surface area contributed by atoms with Crippen LogP contribution in [-0.2, 0) is 0 Å². The maximum atomic E-state index is 6.13. The molecule has 0 atom stereocenters. The Morgan fingerprint density at radius 3 is 2.84 bits per heavy atom. The zero-order valence-corrected chi connectivity index (χ0v) is 14.5. The van der Waals surface area contributed by atoms with E-state index >= 15 is 0 Å². The van der Waals surface area contributed by atoms with Gasteiger partial charge >= 0.3 is 0 Å². The van der Waals surface area contributed by atoms with E-state index < -0.39 is 0 Å². The molecule has 2 aromatic heterocycles. The zero-order valence-electron chi connectivity index (χ0n) is 13.7.